The molecule has 1 heterocycles. The molecule has 0 N–H and O–H groups in total. The highest BCUT2D eigenvalue weighted by molar-refractivity contribution is 9.10. The molecule has 2 rings (SSSR count). The number of cyclic esters (lactones) is 2. The molecule has 0 bridgehead atoms. The van der Waals surface area contributed by atoms with Gasteiger partial charge in [-0.3, -0.25) is 0 Å². The number of rotatable bonds is 1. The van der Waals surface area contributed by atoms with Crippen LogP contribution in [0, 0.1) is 11.6 Å². The van der Waals surface area contributed by atoms with Crippen LogP contribution in [0.4, 0.5) is 8.78 Å². The minimum absolute atomic E-state index is 0.00824. The molecule has 0 aromatic heterocycles. The van der Waals surface area contributed by atoms with Gasteiger partial charge in [0.1, 0.15) is 17.2 Å². The monoisotopic (exact) mass is 346 g/mol. The maximum absolute atomic E-state index is 13.4. The van der Waals surface area contributed by atoms with Gasteiger partial charge < -0.3 is 9.47 Å². The van der Waals surface area contributed by atoms with Crippen LogP contribution in [0.2, 0.25) is 0 Å². The number of benzene rings is 1. The van der Waals surface area contributed by atoms with Gasteiger partial charge in [0.25, 0.3) is 5.79 Å². The molecule has 0 unspecified atom stereocenters. The van der Waals surface area contributed by atoms with E-state index in [0.29, 0.717) is 6.07 Å². The Morgan fingerprint density at radius 2 is 1.70 bits per heavy atom. The van der Waals surface area contributed by atoms with E-state index >= 15 is 0 Å². The highest BCUT2D eigenvalue weighted by atomic mass is 79.9. The Hall–Kier alpha value is -1.76. The molecule has 0 atom stereocenters. The molecular formula is C13H9BrF2O4. The van der Waals surface area contributed by atoms with E-state index in [2.05, 4.69) is 15.9 Å². The number of carbonyl (C=O) groups excluding carboxylic acids is 2. The van der Waals surface area contributed by atoms with E-state index in [0.717, 1.165) is 12.1 Å². The van der Waals surface area contributed by atoms with Crippen LogP contribution in [0.5, 0.6) is 0 Å². The van der Waals surface area contributed by atoms with Crippen molar-refractivity contribution >= 4 is 33.9 Å². The summed E-state index contributed by atoms with van der Waals surface area (Å²) in [5, 5.41) is 0. The fraction of sp³-hybridized carbons (Fsp3) is 0.231. The lowest BCUT2D eigenvalue weighted by Crippen LogP contribution is -2.41. The van der Waals surface area contributed by atoms with Crippen molar-refractivity contribution in [2.24, 2.45) is 0 Å². The molecule has 1 aromatic rings. The smallest absolute Gasteiger partial charge is 0.348 e. The largest absolute Gasteiger partial charge is 0.419 e. The first-order valence-electron chi connectivity index (χ1n) is 5.52. The maximum Gasteiger partial charge on any atom is 0.348 e. The van der Waals surface area contributed by atoms with Crippen molar-refractivity contribution in [3.05, 3.63) is 39.4 Å². The van der Waals surface area contributed by atoms with Gasteiger partial charge in [-0.25, -0.2) is 18.4 Å². The molecule has 20 heavy (non-hydrogen) atoms. The number of esters is 2. The summed E-state index contributed by atoms with van der Waals surface area (Å²) in [4.78, 5) is 23.4. The first-order chi connectivity index (χ1) is 9.19. The first-order valence-corrected chi connectivity index (χ1v) is 6.32. The van der Waals surface area contributed by atoms with Crippen molar-refractivity contribution in [3.63, 3.8) is 0 Å². The average molecular weight is 347 g/mol. The van der Waals surface area contributed by atoms with Crippen molar-refractivity contribution in [2.45, 2.75) is 19.6 Å². The fourth-order valence-electron chi connectivity index (χ4n) is 1.61. The van der Waals surface area contributed by atoms with Gasteiger partial charge in [0.15, 0.2) is 0 Å². The summed E-state index contributed by atoms with van der Waals surface area (Å²) in [7, 11) is 0. The summed E-state index contributed by atoms with van der Waals surface area (Å²) < 4.78 is 36.2. The third-order valence-corrected chi connectivity index (χ3v) is 3.27. The number of hydrogen-bond donors (Lipinski definition) is 0. The van der Waals surface area contributed by atoms with Crippen LogP contribution in [0.1, 0.15) is 19.4 Å². The predicted molar refractivity (Wildman–Crippen MR) is 68.3 cm³/mol. The molecule has 1 aromatic carbocycles. The van der Waals surface area contributed by atoms with Gasteiger partial charge in [-0.2, -0.15) is 0 Å². The molecule has 1 fully saturated rings. The van der Waals surface area contributed by atoms with E-state index in [9.17, 15) is 18.4 Å². The third kappa shape index (κ3) is 2.87. The van der Waals surface area contributed by atoms with E-state index in [-0.39, 0.29) is 10.0 Å². The molecule has 1 aliphatic rings. The highest BCUT2D eigenvalue weighted by Gasteiger charge is 2.39. The SMILES string of the molecule is CC1(C)OC(=O)C(=Cc2cc(F)cc(F)c2Br)C(=O)O1. The average Bonchev–Trinajstić information content (AvgIpc) is 2.28. The topological polar surface area (TPSA) is 52.6 Å². The van der Waals surface area contributed by atoms with Gasteiger partial charge in [-0.05, 0) is 33.6 Å². The standard InChI is InChI=1S/C13H9BrF2O4/c1-13(2)19-11(17)8(12(18)20-13)4-6-3-7(15)5-9(16)10(6)14/h3-5H,1-2H3. The molecule has 1 saturated heterocycles. The number of carbonyl (C=O) groups is 2. The van der Waals surface area contributed by atoms with Gasteiger partial charge >= 0.3 is 11.9 Å². The minimum atomic E-state index is -1.37. The summed E-state index contributed by atoms with van der Waals surface area (Å²) in [6.07, 6.45) is 1.01. The zero-order valence-electron chi connectivity index (χ0n) is 10.5. The Bertz CT molecular complexity index is 616. The molecule has 0 radical (unpaired) electrons. The lowest BCUT2D eigenvalue weighted by molar-refractivity contribution is -0.222. The van der Waals surface area contributed by atoms with Crippen LogP contribution in [0.3, 0.4) is 0 Å². The maximum atomic E-state index is 13.4. The van der Waals surface area contributed by atoms with Gasteiger partial charge in [-0.1, -0.05) is 0 Å². The summed E-state index contributed by atoms with van der Waals surface area (Å²) in [6.45, 7) is 2.80. The molecule has 0 aliphatic carbocycles. The first kappa shape index (κ1) is 14.6. The fourth-order valence-corrected chi connectivity index (χ4v) is 1.96. The number of hydrogen-bond acceptors (Lipinski definition) is 4. The van der Waals surface area contributed by atoms with Crippen LogP contribution in [0.15, 0.2) is 22.2 Å². The Morgan fingerprint density at radius 1 is 1.15 bits per heavy atom. The summed E-state index contributed by atoms with van der Waals surface area (Å²) in [6, 6.07) is 1.65. The van der Waals surface area contributed by atoms with E-state index in [4.69, 9.17) is 9.47 Å². The van der Waals surface area contributed by atoms with E-state index in [1.54, 1.807) is 0 Å². The Kier molecular flexibility index (Phi) is 3.64. The summed E-state index contributed by atoms with van der Waals surface area (Å²) >= 11 is 2.91. The Balaban J connectivity index is 2.46. The van der Waals surface area contributed by atoms with Gasteiger partial charge in [0.05, 0.1) is 4.47 Å². The molecular weight excluding hydrogens is 338 g/mol. The van der Waals surface area contributed by atoms with E-state index < -0.39 is 34.9 Å². The van der Waals surface area contributed by atoms with Crippen LogP contribution >= 0.6 is 15.9 Å². The van der Waals surface area contributed by atoms with Crippen molar-refractivity contribution in [1.82, 2.24) is 0 Å². The quantitative estimate of drug-likeness (QED) is 0.339. The lowest BCUT2D eigenvalue weighted by atomic mass is 10.1. The Morgan fingerprint density at radius 3 is 2.25 bits per heavy atom. The number of halogens is 3. The zero-order valence-corrected chi connectivity index (χ0v) is 12.1. The van der Waals surface area contributed by atoms with Crippen LogP contribution in [0.25, 0.3) is 6.08 Å². The predicted octanol–water partition coefficient (Wildman–Crippen LogP) is 2.95. The lowest BCUT2D eigenvalue weighted by Gasteiger charge is -2.29. The Labute approximate surface area is 121 Å². The minimum Gasteiger partial charge on any atom is -0.419 e. The molecule has 106 valence electrons. The molecule has 0 saturated carbocycles. The van der Waals surface area contributed by atoms with Gasteiger partial charge in [0.2, 0.25) is 0 Å². The summed E-state index contributed by atoms with van der Waals surface area (Å²) in [5.41, 5.74) is -0.443. The molecule has 0 amide bonds. The van der Waals surface area contributed by atoms with Crippen LogP contribution < -0.4 is 0 Å². The molecule has 7 heteroatoms. The van der Waals surface area contributed by atoms with Crippen molar-refractivity contribution in [3.8, 4) is 0 Å². The third-order valence-electron chi connectivity index (χ3n) is 2.44. The van der Waals surface area contributed by atoms with Crippen molar-refractivity contribution in [2.75, 3.05) is 0 Å². The van der Waals surface area contributed by atoms with Crippen molar-refractivity contribution in [1.29, 1.82) is 0 Å². The van der Waals surface area contributed by atoms with Gasteiger partial charge in [0, 0.05) is 19.9 Å². The normalized spacial score (nSPS) is 17.6. The molecule has 1 aliphatic heterocycles. The highest BCUT2D eigenvalue weighted by Crippen LogP contribution is 2.28. The zero-order chi connectivity index (χ0) is 15.1. The molecule has 0 spiro atoms. The van der Waals surface area contributed by atoms with E-state index in [1.165, 1.54) is 13.8 Å². The van der Waals surface area contributed by atoms with Crippen LogP contribution in [-0.2, 0) is 19.1 Å². The van der Waals surface area contributed by atoms with Crippen molar-refractivity contribution < 1.29 is 27.8 Å². The second-order valence-corrected chi connectivity index (χ2v) is 5.32. The van der Waals surface area contributed by atoms with Gasteiger partial charge in [-0.15, -0.1) is 0 Å². The molecule has 4 nitrogen and oxygen atoms in total. The summed E-state index contributed by atoms with van der Waals surface area (Å²) in [5.74, 6) is -4.88. The van der Waals surface area contributed by atoms with E-state index in [1.807, 2.05) is 0 Å². The van der Waals surface area contributed by atoms with Crippen LogP contribution in [-0.4, -0.2) is 17.7 Å². The second kappa shape index (κ2) is 4.97. The number of ether oxygens (including phenoxy) is 2. The second-order valence-electron chi connectivity index (χ2n) is 4.53.